The van der Waals surface area contributed by atoms with E-state index in [4.69, 9.17) is 5.26 Å². The first-order valence-corrected chi connectivity index (χ1v) is 8.16. The lowest BCUT2D eigenvalue weighted by atomic mass is 10.1. The van der Waals surface area contributed by atoms with E-state index in [-0.39, 0.29) is 0 Å². The molecule has 0 aliphatic carbocycles. The van der Waals surface area contributed by atoms with E-state index in [1.54, 1.807) is 30.3 Å². The van der Waals surface area contributed by atoms with Gasteiger partial charge in [0, 0.05) is 19.6 Å². The van der Waals surface area contributed by atoms with E-state index in [2.05, 4.69) is 10.2 Å². The molecule has 0 unspecified atom stereocenters. The Labute approximate surface area is 144 Å². The number of rotatable bonds is 4. The van der Waals surface area contributed by atoms with Gasteiger partial charge in [-0.15, -0.1) is 0 Å². The van der Waals surface area contributed by atoms with Crippen molar-refractivity contribution in [2.75, 3.05) is 23.3 Å². The van der Waals surface area contributed by atoms with E-state index in [9.17, 15) is 13.2 Å². The molecule has 0 saturated carbocycles. The number of anilines is 2. The van der Waals surface area contributed by atoms with Crippen LogP contribution in [0.4, 0.5) is 24.5 Å². The Morgan fingerprint density at radius 3 is 2.32 bits per heavy atom. The maximum Gasteiger partial charge on any atom is 0.416 e. The summed E-state index contributed by atoms with van der Waals surface area (Å²) in [4.78, 5) is 2.11. The molecule has 1 saturated heterocycles. The minimum Gasteiger partial charge on any atom is -0.379 e. The van der Waals surface area contributed by atoms with Gasteiger partial charge >= 0.3 is 6.18 Å². The maximum atomic E-state index is 13.1. The van der Waals surface area contributed by atoms with Crippen LogP contribution in [-0.4, -0.2) is 13.1 Å². The maximum absolute atomic E-state index is 13.1. The molecule has 0 amide bonds. The Balaban J connectivity index is 1.84. The molecule has 0 radical (unpaired) electrons. The normalized spacial score (nSPS) is 14.4. The molecule has 0 bridgehead atoms. The summed E-state index contributed by atoms with van der Waals surface area (Å²) in [5.74, 6) is 0. The zero-order valence-electron chi connectivity index (χ0n) is 13.6. The van der Waals surface area contributed by atoms with E-state index in [1.165, 1.54) is 6.07 Å². The Kier molecular flexibility index (Phi) is 4.84. The number of alkyl halides is 3. The van der Waals surface area contributed by atoms with Gasteiger partial charge in [0.25, 0.3) is 0 Å². The lowest BCUT2D eigenvalue weighted by molar-refractivity contribution is -0.137. The highest BCUT2D eigenvalue weighted by molar-refractivity contribution is 5.71. The van der Waals surface area contributed by atoms with Gasteiger partial charge in [0.1, 0.15) is 0 Å². The lowest BCUT2D eigenvalue weighted by Gasteiger charge is -2.23. The monoisotopic (exact) mass is 345 g/mol. The molecule has 2 aromatic rings. The first kappa shape index (κ1) is 17.2. The molecular weight excluding hydrogens is 327 g/mol. The molecule has 6 heteroatoms. The summed E-state index contributed by atoms with van der Waals surface area (Å²) in [6.45, 7) is 2.11. The third-order valence-electron chi connectivity index (χ3n) is 4.34. The van der Waals surface area contributed by atoms with Crippen molar-refractivity contribution in [1.82, 2.24) is 0 Å². The van der Waals surface area contributed by atoms with Crippen LogP contribution in [0.25, 0.3) is 0 Å². The highest BCUT2D eigenvalue weighted by atomic mass is 19.4. The van der Waals surface area contributed by atoms with Crippen LogP contribution in [0.2, 0.25) is 0 Å². The quantitative estimate of drug-likeness (QED) is 0.866. The number of hydrogen-bond acceptors (Lipinski definition) is 3. The molecule has 1 aliphatic rings. The minimum absolute atomic E-state index is 0.397. The number of nitrogens with zero attached hydrogens (tertiary/aromatic N) is 2. The van der Waals surface area contributed by atoms with Crippen LogP contribution in [0, 0.1) is 11.3 Å². The van der Waals surface area contributed by atoms with Crippen molar-refractivity contribution in [3.63, 3.8) is 0 Å². The van der Waals surface area contributed by atoms with Crippen molar-refractivity contribution in [3.8, 4) is 6.07 Å². The van der Waals surface area contributed by atoms with Gasteiger partial charge in [-0.25, -0.2) is 0 Å². The standard InChI is InChI=1S/C19H18F3N3/c20-19(21,22)16-7-8-18(25-9-1-2-10-25)17(11-16)24-13-15-5-3-14(12-23)4-6-15/h3-8,11,24H,1-2,9-10,13H2. The topological polar surface area (TPSA) is 39.1 Å². The molecule has 2 aromatic carbocycles. The van der Waals surface area contributed by atoms with Crippen LogP contribution in [-0.2, 0) is 12.7 Å². The number of benzene rings is 2. The second-order valence-corrected chi connectivity index (χ2v) is 6.09. The van der Waals surface area contributed by atoms with Crippen molar-refractivity contribution >= 4 is 11.4 Å². The molecule has 1 aliphatic heterocycles. The summed E-state index contributed by atoms with van der Waals surface area (Å²) < 4.78 is 39.2. The summed E-state index contributed by atoms with van der Waals surface area (Å²) in [6.07, 6.45) is -2.26. The van der Waals surface area contributed by atoms with Crippen molar-refractivity contribution in [2.45, 2.75) is 25.6 Å². The first-order chi connectivity index (χ1) is 12.0. The van der Waals surface area contributed by atoms with Gasteiger partial charge in [-0.05, 0) is 48.7 Å². The number of hydrogen-bond donors (Lipinski definition) is 1. The molecule has 0 spiro atoms. The van der Waals surface area contributed by atoms with Crippen LogP contribution in [0.1, 0.15) is 29.5 Å². The molecule has 0 atom stereocenters. The fraction of sp³-hybridized carbons (Fsp3) is 0.316. The van der Waals surface area contributed by atoms with E-state index in [0.29, 0.717) is 17.8 Å². The molecule has 1 N–H and O–H groups in total. The van der Waals surface area contributed by atoms with E-state index >= 15 is 0 Å². The average molecular weight is 345 g/mol. The number of nitriles is 1. The summed E-state index contributed by atoms with van der Waals surface area (Å²) >= 11 is 0. The highest BCUT2D eigenvalue weighted by Crippen LogP contribution is 2.36. The fourth-order valence-electron chi connectivity index (χ4n) is 2.98. The zero-order valence-corrected chi connectivity index (χ0v) is 13.6. The smallest absolute Gasteiger partial charge is 0.379 e. The summed E-state index contributed by atoms with van der Waals surface area (Å²) in [7, 11) is 0. The number of nitrogens with one attached hydrogen (secondary N) is 1. The second-order valence-electron chi connectivity index (χ2n) is 6.09. The highest BCUT2D eigenvalue weighted by Gasteiger charge is 2.31. The molecule has 1 heterocycles. The molecule has 130 valence electrons. The van der Waals surface area contributed by atoms with Crippen LogP contribution >= 0.6 is 0 Å². The summed E-state index contributed by atoms with van der Waals surface area (Å²) in [5.41, 5.74) is 2.10. The predicted molar refractivity (Wildman–Crippen MR) is 91.4 cm³/mol. The van der Waals surface area contributed by atoms with Gasteiger partial charge in [-0.2, -0.15) is 18.4 Å². The Hall–Kier alpha value is -2.68. The van der Waals surface area contributed by atoms with Gasteiger partial charge in [0.2, 0.25) is 0 Å². The summed E-state index contributed by atoms with van der Waals surface area (Å²) in [6, 6.07) is 12.9. The molecule has 1 fully saturated rings. The number of halogens is 3. The van der Waals surface area contributed by atoms with E-state index in [0.717, 1.165) is 43.2 Å². The van der Waals surface area contributed by atoms with Crippen LogP contribution < -0.4 is 10.2 Å². The Morgan fingerprint density at radius 1 is 1.04 bits per heavy atom. The molecule has 0 aromatic heterocycles. The van der Waals surface area contributed by atoms with E-state index < -0.39 is 11.7 Å². The SMILES string of the molecule is N#Cc1ccc(CNc2cc(C(F)(F)F)ccc2N2CCCC2)cc1. The van der Waals surface area contributed by atoms with Crippen LogP contribution in [0.3, 0.4) is 0 Å². The largest absolute Gasteiger partial charge is 0.416 e. The molecular formula is C19H18F3N3. The summed E-state index contributed by atoms with van der Waals surface area (Å²) in [5, 5.41) is 12.0. The Morgan fingerprint density at radius 2 is 1.72 bits per heavy atom. The minimum atomic E-state index is -4.37. The van der Waals surface area contributed by atoms with Gasteiger partial charge in [0.05, 0.1) is 28.6 Å². The fourth-order valence-corrected chi connectivity index (χ4v) is 2.98. The van der Waals surface area contributed by atoms with Crippen molar-refractivity contribution in [1.29, 1.82) is 5.26 Å². The molecule has 3 rings (SSSR count). The third-order valence-corrected chi connectivity index (χ3v) is 4.34. The lowest BCUT2D eigenvalue weighted by Crippen LogP contribution is -2.20. The van der Waals surface area contributed by atoms with Crippen LogP contribution in [0.5, 0.6) is 0 Å². The van der Waals surface area contributed by atoms with Gasteiger partial charge in [-0.3, -0.25) is 0 Å². The second kappa shape index (κ2) is 7.06. The van der Waals surface area contributed by atoms with Crippen LogP contribution in [0.15, 0.2) is 42.5 Å². The third kappa shape index (κ3) is 4.05. The van der Waals surface area contributed by atoms with E-state index in [1.807, 2.05) is 6.07 Å². The predicted octanol–water partition coefficient (Wildman–Crippen LogP) is 4.79. The first-order valence-electron chi connectivity index (χ1n) is 8.16. The van der Waals surface area contributed by atoms with Gasteiger partial charge < -0.3 is 10.2 Å². The van der Waals surface area contributed by atoms with Gasteiger partial charge in [-0.1, -0.05) is 12.1 Å². The van der Waals surface area contributed by atoms with Gasteiger partial charge in [0.15, 0.2) is 0 Å². The average Bonchev–Trinajstić information content (AvgIpc) is 3.14. The van der Waals surface area contributed by atoms with Crippen molar-refractivity contribution < 1.29 is 13.2 Å². The van der Waals surface area contributed by atoms with Crippen molar-refractivity contribution in [3.05, 3.63) is 59.2 Å². The molecule has 3 nitrogen and oxygen atoms in total. The molecule has 25 heavy (non-hydrogen) atoms. The van der Waals surface area contributed by atoms with Crippen molar-refractivity contribution in [2.24, 2.45) is 0 Å². The zero-order chi connectivity index (χ0) is 17.9. The Bertz CT molecular complexity index is 770.